The highest BCUT2D eigenvalue weighted by atomic mass is 16.4. The van der Waals surface area contributed by atoms with E-state index in [1.807, 2.05) is 0 Å². The molecule has 0 unspecified atom stereocenters. The van der Waals surface area contributed by atoms with Crippen molar-refractivity contribution >= 4 is 13.1 Å². The first kappa shape index (κ1) is 13.4. The molecule has 6 N–H and O–H groups in total. The number of nitrogens with two attached hydrogens (primary N) is 1. The summed E-state index contributed by atoms with van der Waals surface area (Å²) in [5.74, 6) is -0.923. The molecule has 92 valence electrons. The van der Waals surface area contributed by atoms with Gasteiger partial charge >= 0.3 is 13.1 Å². The van der Waals surface area contributed by atoms with Gasteiger partial charge in [0.05, 0.1) is 0 Å². The van der Waals surface area contributed by atoms with Crippen molar-refractivity contribution in [2.75, 3.05) is 6.54 Å². The lowest BCUT2D eigenvalue weighted by molar-refractivity contribution is -0.140. The third kappa shape index (κ3) is 3.75. The van der Waals surface area contributed by atoms with Crippen molar-refractivity contribution in [1.29, 1.82) is 0 Å². The Kier molecular flexibility index (Phi) is 5.20. The fourth-order valence-corrected chi connectivity index (χ4v) is 2.17. The number of hydrogen-bond donors (Lipinski definition) is 5. The topological polar surface area (TPSA) is 116 Å². The molecule has 1 aliphatic rings. The van der Waals surface area contributed by atoms with Gasteiger partial charge in [-0.05, 0) is 12.7 Å². The standard InChI is InChI=1S/C9H19BN2O4/c11-7-5-12-8(9(13)14)6(7)3-1-2-4-10(15)16/h6-8,12,15-16H,1-5,11H2,(H,13,14)/t6-,7+,8+/m1/s1. The zero-order valence-corrected chi connectivity index (χ0v) is 9.17. The van der Waals surface area contributed by atoms with Crippen molar-refractivity contribution in [3.8, 4) is 0 Å². The first-order valence-corrected chi connectivity index (χ1v) is 5.60. The van der Waals surface area contributed by atoms with Gasteiger partial charge in [-0.15, -0.1) is 0 Å². The van der Waals surface area contributed by atoms with Gasteiger partial charge < -0.3 is 26.2 Å². The monoisotopic (exact) mass is 230 g/mol. The van der Waals surface area contributed by atoms with Crippen molar-refractivity contribution in [1.82, 2.24) is 5.32 Å². The molecule has 1 fully saturated rings. The van der Waals surface area contributed by atoms with Crippen LogP contribution in [0.15, 0.2) is 0 Å². The fraction of sp³-hybridized carbons (Fsp3) is 0.889. The SMILES string of the molecule is N[C@H]1CN[C@H](C(=O)O)[C@@H]1CCCCB(O)O. The number of rotatable bonds is 6. The summed E-state index contributed by atoms with van der Waals surface area (Å²) in [6.07, 6.45) is 2.47. The van der Waals surface area contributed by atoms with E-state index < -0.39 is 19.1 Å². The summed E-state index contributed by atoms with van der Waals surface area (Å²) >= 11 is 0. The van der Waals surface area contributed by atoms with Crippen LogP contribution in [-0.4, -0.2) is 46.9 Å². The van der Waals surface area contributed by atoms with Crippen molar-refractivity contribution in [2.24, 2.45) is 11.7 Å². The fourth-order valence-electron chi connectivity index (χ4n) is 2.17. The second kappa shape index (κ2) is 6.19. The van der Waals surface area contributed by atoms with E-state index in [9.17, 15) is 4.79 Å². The first-order valence-electron chi connectivity index (χ1n) is 5.60. The number of aliphatic carboxylic acids is 1. The van der Waals surface area contributed by atoms with Crippen LogP contribution in [0.1, 0.15) is 19.3 Å². The molecule has 1 saturated heterocycles. The van der Waals surface area contributed by atoms with Crippen LogP contribution < -0.4 is 11.1 Å². The number of unbranched alkanes of at least 4 members (excludes halogenated alkanes) is 1. The van der Waals surface area contributed by atoms with Gasteiger partial charge in [0.2, 0.25) is 0 Å². The molecule has 6 nitrogen and oxygen atoms in total. The van der Waals surface area contributed by atoms with Gasteiger partial charge in [-0.2, -0.15) is 0 Å². The maximum atomic E-state index is 10.9. The molecule has 0 spiro atoms. The summed E-state index contributed by atoms with van der Waals surface area (Å²) < 4.78 is 0. The Balaban J connectivity index is 2.30. The summed E-state index contributed by atoms with van der Waals surface area (Å²) in [5, 5.41) is 29.2. The molecular weight excluding hydrogens is 211 g/mol. The molecule has 3 atom stereocenters. The van der Waals surface area contributed by atoms with Gasteiger partial charge in [0.15, 0.2) is 0 Å². The lowest BCUT2D eigenvalue weighted by atomic mass is 9.82. The van der Waals surface area contributed by atoms with Gasteiger partial charge in [0, 0.05) is 18.5 Å². The third-order valence-electron chi connectivity index (χ3n) is 3.07. The molecule has 1 heterocycles. The molecule has 0 radical (unpaired) electrons. The molecule has 7 heteroatoms. The molecular formula is C9H19BN2O4. The van der Waals surface area contributed by atoms with E-state index in [1.54, 1.807) is 0 Å². The van der Waals surface area contributed by atoms with E-state index in [2.05, 4.69) is 5.32 Å². The molecule has 1 aliphatic heterocycles. The minimum Gasteiger partial charge on any atom is -0.480 e. The first-order chi connectivity index (χ1) is 7.52. The third-order valence-corrected chi connectivity index (χ3v) is 3.07. The molecule has 0 aromatic carbocycles. The van der Waals surface area contributed by atoms with E-state index in [0.29, 0.717) is 25.7 Å². The highest BCUT2D eigenvalue weighted by molar-refractivity contribution is 6.40. The number of hydrogen-bond acceptors (Lipinski definition) is 5. The maximum absolute atomic E-state index is 10.9. The molecule has 16 heavy (non-hydrogen) atoms. The molecule has 0 aromatic heterocycles. The average molecular weight is 230 g/mol. The quantitative estimate of drug-likeness (QED) is 0.284. The Morgan fingerprint density at radius 2 is 2.12 bits per heavy atom. The lowest BCUT2D eigenvalue weighted by Gasteiger charge is -2.18. The van der Waals surface area contributed by atoms with Gasteiger partial charge in [-0.25, -0.2) is 0 Å². The normalized spacial score (nSPS) is 29.3. The largest absolute Gasteiger partial charge is 0.480 e. The second-order valence-electron chi connectivity index (χ2n) is 4.32. The van der Waals surface area contributed by atoms with E-state index >= 15 is 0 Å². The zero-order valence-electron chi connectivity index (χ0n) is 9.17. The van der Waals surface area contributed by atoms with Crippen molar-refractivity contribution < 1.29 is 19.9 Å². The summed E-state index contributed by atoms with van der Waals surface area (Å²) in [4.78, 5) is 10.9. The minimum absolute atomic E-state index is 0.0617. The van der Waals surface area contributed by atoms with E-state index in [0.717, 1.165) is 6.42 Å². The predicted octanol–water partition coefficient (Wildman–Crippen LogP) is -1.37. The minimum atomic E-state index is -1.27. The van der Waals surface area contributed by atoms with Gasteiger partial charge in [0.25, 0.3) is 0 Å². The van der Waals surface area contributed by atoms with Crippen LogP contribution in [0.5, 0.6) is 0 Å². The molecule has 0 aliphatic carbocycles. The highest BCUT2D eigenvalue weighted by Crippen LogP contribution is 2.22. The molecule has 1 rings (SSSR count). The summed E-state index contributed by atoms with van der Waals surface area (Å²) in [5.41, 5.74) is 5.82. The van der Waals surface area contributed by atoms with Crippen molar-refractivity contribution in [2.45, 2.75) is 37.7 Å². The van der Waals surface area contributed by atoms with Crippen LogP contribution in [0.3, 0.4) is 0 Å². The highest BCUT2D eigenvalue weighted by Gasteiger charge is 2.37. The van der Waals surface area contributed by atoms with Crippen LogP contribution in [0.2, 0.25) is 6.32 Å². The molecule has 0 aromatic rings. The Labute approximate surface area is 95.0 Å². The van der Waals surface area contributed by atoms with Gasteiger partial charge in [-0.3, -0.25) is 4.79 Å². The van der Waals surface area contributed by atoms with Crippen LogP contribution >= 0.6 is 0 Å². The Morgan fingerprint density at radius 1 is 1.44 bits per heavy atom. The lowest BCUT2D eigenvalue weighted by Crippen LogP contribution is -2.37. The number of carboxylic acid groups (broad SMARTS) is 1. The number of carbonyl (C=O) groups is 1. The number of carboxylic acids is 1. The maximum Gasteiger partial charge on any atom is 0.451 e. The van der Waals surface area contributed by atoms with Crippen LogP contribution in [-0.2, 0) is 4.79 Å². The van der Waals surface area contributed by atoms with Crippen molar-refractivity contribution in [3.63, 3.8) is 0 Å². The second-order valence-corrected chi connectivity index (χ2v) is 4.32. The average Bonchev–Trinajstić information content (AvgIpc) is 2.54. The molecule has 0 amide bonds. The van der Waals surface area contributed by atoms with Crippen LogP contribution in [0, 0.1) is 5.92 Å². The Morgan fingerprint density at radius 3 is 2.69 bits per heavy atom. The smallest absolute Gasteiger partial charge is 0.451 e. The summed E-state index contributed by atoms with van der Waals surface area (Å²) in [6.45, 7) is 0.532. The Bertz CT molecular complexity index is 240. The Hall–Kier alpha value is -0.625. The van der Waals surface area contributed by atoms with E-state index in [-0.39, 0.29) is 12.0 Å². The van der Waals surface area contributed by atoms with Crippen LogP contribution in [0.25, 0.3) is 0 Å². The van der Waals surface area contributed by atoms with E-state index in [1.165, 1.54) is 0 Å². The number of nitrogens with one attached hydrogen (secondary N) is 1. The van der Waals surface area contributed by atoms with Crippen LogP contribution in [0.4, 0.5) is 0 Å². The van der Waals surface area contributed by atoms with Gasteiger partial charge in [-0.1, -0.05) is 12.8 Å². The van der Waals surface area contributed by atoms with Crippen molar-refractivity contribution in [3.05, 3.63) is 0 Å². The zero-order chi connectivity index (χ0) is 12.1. The van der Waals surface area contributed by atoms with E-state index in [4.69, 9.17) is 20.9 Å². The molecule has 0 saturated carbocycles. The molecule has 0 bridgehead atoms. The summed E-state index contributed by atoms with van der Waals surface area (Å²) in [6, 6.07) is -0.686. The predicted molar refractivity (Wildman–Crippen MR) is 59.7 cm³/mol. The summed E-state index contributed by atoms with van der Waals surface area (Å²) in [7, 11) is -1.27. The van der Waals surface area contributed by atoms with Gasteiger partial charge in [0.1, 0.15) is 6.04 Å².